The second kappa shape index (κ2) is 5.71. The van der Waals surface area contributed by atoms with Crippen molar-refractivity contribution in [2.75, 3.05) is 13.3 Å². The Morgan fingerprint density at radius 1 is 1.40 bits per heavy atom. The Hall–Kier alpha value is 0.490. The molecule has 1 atom stereocenters. The van der Waals surface area contributed by atoms with Gasteiger partial charge in [-0.3, -0.25) is 0 Å². The van der Waals surface area contributed by atoms with Gasteiger partial charge in [0.25, 0.3) is 0 Å². The van der Waals surface area contributed by atoms with Crippen LogP contribution in [0.25, 0.3) is 0 Å². The number of rotatable bonds is 2. The van der Waals surface area contributed by atoms with Gasteiger partial charge in [0.1, 0.15) is 0 Å². The zero-order valence-electron chi connectivity index (χ0n) is 9.21. The molecule has 0 saturated heterocycles. The van der Waals surface area contributed by atoms with Gasteiger partial charge in [-0.05, 0) is 55.0 Å². The van der Waals surface area contributed by atoms with Gasteiger partial charge in [-0.1, -0.05) is 17.2 Å². The van der Waals surface area contributed by atoms with E-state index in [1.165, 1.54) is 34.8 Å². The predicted octanol–water partition coefficient (Wildman–Crippen LogP) is 4.00. The fourth-order valence-electron chi connectivity index (χ4n) is 2.11. The molecule has 1 heterocycles. The Balaban J connectivity index is 2.19. The third-order valence-corrected chi connectivity index (χ3v) is 6.78. The minimum absolute atomic E-state index is 0.624. The highest BCUT2D eigenvalue weighted by atomic mass is 33.1. The van der Waals surface area contributed by atoms with Crippen molar-refractivity contribution in [1.29, 1.82) is 0 Å². The fourth-order valence-corrected chi connectivity index (χ4v) is 5.66. The van der Waals surface area contributed by atoms with Crippen LogP contribution in [0, 0.1) is 0 Å². The summed E-state index contributed by atoms with van der Waals surface area (Å²) in [5, 5.41) is 3.45. The van der Waals surface area contributed by atoms with Crippen LogP contribution in [-0.2, 0) is 0 Å². The third-order valence-electron chi connectivity index (χ3n) is 2.94. The van der Waals surface area contributed by atoms with E-state index in [4.69, 9.17) is 0 Å². The van der Waals surface area contributed by atoms with Crippen molar-refractivity contribution in [3.8, 4) is 0 Å². The maximum atomic E-state index is 3.45. The van der Waals surface area contributed by atoms with Crippen molar-refractivity contribution >= 4 is 33.3 Å². The Kier molecular flexibility index (Phi) is 4.55. The van der Waals surface area contributed by atoms with E-state index >= 15 is 0 Å². The highest BCUT2D eigenvalue weighted by Crippen LogP contribution is 2.51. The Morgan fingerprint density at radius 2 is 2.27 bits per heavy atom. The summed E-state index contributed by atoms with van der Waals surface area (Å²) >= 11 is 1.86. The largest absolute Gasteiger partial charge is 0.313 e. The van der Waals surface area contributed by atoms with E-state index < -0.39 is 0 Å². The molecule has 1 aliphatic heterocycles. The molecular formula is C11H17NS3. The molecule has 0 amide bonds. The lowest BCUT2D eigenvalue weighted by Crippen LogP contribution is -2.30. The average molecular weight is 259 g/mol. The highest BCUT2D eigenvalue weighted by Gasteiger charge is 2.23. The molecule has 0 radical (unpaired) electrons. The van der Waals surface area contributed by atoms with Crippen LogP contribution in [0.4, 0.5) is 0 Å². The minimum Gasteiger partial charge on any atom is -0.313 e. The second-order valence-corrected chi connectivity index (χ2v) is 7.13. The molecule has 84 valence electrons. The normalized spacial score (nSPS) is 31.9. The summed E-state index contributed by atoms with van der Waals surface area (Å²) in [6, 6.07) is 0.624. The molecule has 0 bridgehead atoms. The standard InChI is InChI=1S/C11H17NS3/c1-12-9-6-4-3-5-8(9)10-7-11(13-2)15-14-10/h7,9,12H,3-6H2,1-2H3/b10-8+. The van der Waals surface area contributed by atoms with Crippen molar-refractivity contribution < 1.29 is 0 Å². The zero-order chi connectivity index (χ0) is 10.7. The van der Waals surface area contributed by atoms with Crippen LogP contribution < -0.4 is 5.32 Å². The van der Waals surface area contributed by atoms with E-state index in [1.807, 2.05) is 33.3 Å². The van der Waals surface area contributed by atoms with Gasteiger partial charge in [-0.25, -0.2) is 0 Å². The number of thioether (sulfide) groups is 1. The molecule has 1 aliphatic carbocycles. The van der Waals surface area contributed by atoms with Crippen LogP contribution >= 0.6 is 33.3 Å². The van der Waals surface area contributed by atoms with E-state index in [2.05, 4.69) is 24.7 Å². The molecule has 2 aliphatic rings. The fraction of sp³-hybridized carbons (Fsp3) is 0.636. The SMILES string of the molecule is CNC1CCCC/C1=C1/C=C(SC)SS1. The predicted molar refractivity (Wildman–Crippen MR) is 75.1 cm³/mol. The number of allylic oxidation sites excluding steroid dienone is 1. The topological polar surface area (TPSA) is 12.0 Å². The first-order valence-electron chi connectivity index (χ1n) is 5.35. The summed E-state index contributed by atoms with van der Waals surface area (Å²) < 4.78 is 1.45. The van der Waals surface area contributed by atoms with Crippen LogP contribution in [0.3, 0.4) is 0 Å². The molecule has 0 aromatic rings. The van der Waals surface area contributed by atoms with Crippen LogP contribution in [0.15, 0.2) is 20.8 Å². The molecule has 1 N–H and O–H groups in total. The maximum Gasteiger partial charge on any atom is 0.0522 e. The first-order valence-corrected chi connectivity index (χ1v) is 8.73. The molecule has 1 saturated carbocycles. The molecule has 0 spiro atoms. The summed E-state index contributed by atoms with van der Waals surface area (Å²) in [4.78, 5) is 1.52. The molecule has 0 aromatic heterocycles. The van der Waals surface area contributed by atoms with Gasteiger partial charge in [-0.15, -0.1) is 11.8 Å². The zero-order valence-corrected chi connectivity index (χ0v) is 11.7. The number of likely N-dealkylation sites (N-methyl/N-ethyl adjacent to an activating group) is 1. The summed E-state index contributed by atoms with van der Waals surface area (Å²) in [5.41, 5.74) is 1.64. The first-order chi connectivity index (χ1) is 7.35. The lowest BCUT2D eigenvalue weighted by molar-refractivity contribution is 0.481. The quantitative estimate of drug-likeness (QED) is 0.752. The maximum absolute atomic E-state index is 3.45. The molecule has 1 unspecified atom stereocenters. The first kappa shape index (κ1) is 12.0. The summed E-state index contributed by atoms with van der Waals surface area (Å²) in [6.45, 7) is 0. The van der Waals surface area contributed by atoms with Crippen molar-refractivity contribution in [3.05, 3.63) is 20.8 Å². The lowest BCUT2D eigenvalue weighted by Gasteiger charge is -2.26. The molecule has 4 heteroatoms. The molecule has 15 heavy (non-hydrogen) atoms. The number of hydrogen-bond acceptors (Lipinski definition) is 4. The molecule has 1 nitrogen and oxygen atoms in total. The van der Waals surface area contributed by atoms with Gasteiger partial charge in [0.15, 0.2) is 0 Å². The van der Waals surface area contributed by atoms with Crippen molar-refractivity contribution in [2.45, 2.75) is 31.7 Å². The van der Waals surface area contributed by atoms with Crippen LogP contribution in [0.5, 0.6) is 0 Å². The second-order valence-electron chi connectivity index (χ2n) is 3.81. The van der Waals surface area contributed by atoms with Crippen molar-refractivity contribution in [1.82, 2.24) is 5.32 Å². The minimum atomic E-state index is 0.624. The smallest absolute Gasteiger partial charge is 0.0522 e. The van der Waals surface area contributed by atoms with E-state index in [0.717, 1.165) is 0 Å². The summed E-state index contributed by atoms with van der Waals surface area (Å²) in [6.07, 6.45) is 9.86. The third kappa shape index (κ3) is 2.78. The summed E-state index contributed by atoms with van der Waals surface area (Å²) in [7, 11) is 5.94. The van der Waals surface area contributed by atoms with Gasteiger partial charge in [-0.2, -0.15) is 0 Å². The van der Waals surface area contributed by atoms with E-state index in [0.29, 0.717) is 6.04 Å². The molecular weight excluding hydrogens is 242 g/mol. The summed E-state index contributed by atoms with van der Waals surface area (Å²) in [5.74, 6) is 0. The van der Waals surface area contributed by atoms with Gasteiger partial charge >= 0.3 is 0 Å². The van der Waals surface area contributed by atoms with Crippen LogP contribution in [-0.4, -0.2) is 19.3 Å². The van der Waals surface area contributed by atoms with E-state index in [-0.39, 0.29) is 0 Å². The Morgan fingerprint density at radius 3 is 2.93 bits per heavy atom. The molecule has 0 aromatic carbocycles. The van der Waals surface area contributed by atoms with E-state index in [1.54, 1.807) is 5.57 Å². The Labute approximate surface area is 104 Å². The van der Waals surface area contributed by atoms with Crippen molar-refractivity contribution in [3.63, 3.8) is 0 Å². The number of nitrogens with one attached hydrogen (secondary N) is 1. The average Bonchev–Trinajstić information content (AvgIpc) is 2.77. The Bertz CT molecular complexity index is 296. The van der Waals surface area contributed by atoms with Crippen LogP contribution in [0.1, 0.15) is 25.7 Å². The number of hydrogen-bond donors (Lipinski definition) is 1. The lowest BCUT2D eigenvalue weighted by atomic mass is 9.89. The van der Waals surface area contributed by atoms with E-state index in [9.17, 15) is 0 Å². The monoisotopic (exact) mass is 259 g/mol. The molecule has 1 fully saturated rings. The van der Waals surface area contributed by atoms with Crippen LogP contribution in [0.2, 0.25) is 0 Å². The van der Waals surface area contributed by atoms with Gasteiger partial charge in [0, 0.05) is 10.9 Å². The van der Waals surface area contributed by atoms with Gasteiger partial charge in [0.05, 0.1) is 4.24 Å². The van der Waals surface area contributed by atoms with Gasteiger partial charge < -0.3 is 5.32 Å². The highest BCUT2D eigenvalue weighted by molar-refractivity contribution is 8.82. The van der Waals surface area contributed by atoms with Crippen molar-refractivity contribution in [2.24, 2.45) is 0 Å². The molecule has 2 rings (SSSR count). The van der Waals surface area contributed by atoms with Gasteiger partial charge in [0.2, 0.25) is 0 Å².